The van der Waals surface area contributed by atoms with Gasteiger partial charge in [0, 0.05) is 31.6 Å². The van der Waals surface area contributed by atoms with E-state index in [1.165, 1.54) is 0 Å². The molecule has 0 spiro atoms. The maximum Gasteiger partial charge on any atom is 0.261 e. The van der Waals surface area contributed by atoms with Crippen LogP contribution in [0.15, 0.2) is 23.0 Å². The summed E-state index contributed by atoms with van der Waals surface area (Å²) in [6, 6.07) is 4.76. The normalized spacial score (nSPS) is 14.1. The van der Waals surface area contributed by atoms with E-state index in [1.54, 1.807) is 29.8 Å². The zero-order chi connectivity index (χ0) is 23.5. The Morgan fingerprint density at radius 1 is 1.19 bits per heavy atom. The first-order valence-corrected chi connectivity index (χ1v) is 11.3. The number of halogens is 1. The van der Waals surface area contributed by atoms with E-state index in [4.69, 9.17) is 16.6 Å². The van der Waals surface area contributed by atoms with E-state index in [-0.39, 0.29) is 28.8 Å². The summed E-state index contributed by atoms with van der Waals surface area (Å²) in [4.78, 5) is 34.9. The maximum absolute atomic E-state index is 13.4. The van der Waals surface area contributed by atoms with Crippen LogP contribution in [-0.2, 0) is 11.8 Å². The van der Waals surface area contributed by atoms with Crippen molar-refractivity contribution in [3.05, 3.63) is 39.4 Å². The number of fused-ring (bicyclic) bond motifs is 1. The van der Waals surface area contributed by atoms with Crippen molar-refractivity contribution in [3.8, 4) is 0 Å². The van der Waals surface area contributed by atoms with Gasteiger partial charge in [-0.2, -0.15) is 0 Å². The lowest BCUT2D eigenvalue weighted by molar-refractivity contribution is -0.134. The van der Waals surface area contributed by atoms with Gasteiger partial charge >= 0.3 is 0 Å². The van der Waals surface area contributed by atoms with Crippen LogP contribution in [0.2, 0.25) is 5.02 Å². The lowest BCUT2D eigenvalue weighted by Crippen LogP contribution is -2.41. The van der Waals surface area contributed by atoms with Crippen LogP contribution in [0, 0.1) is 11.3 Å². The van der Waals surface area contributed by atoms with Gasteiger partial charge in [0.05, 0.1) is 16.9 Å². The molecule has 2 rings (SSSR count). The Hall–Kier alpha value is -1.92. The van der Waals surface area contributed by atoms with Gasteiger partial charge in [0.15, 0.2) is 0 Å². The molecule has 6 nitrogen and oxygen atoms in total. The van der Waals surface area contributed by atoms with Crippen molar-refractivity contribution >= 4 is 28.4 Å². The summed E-state index contributed by atoms with van der Waals surface area (Å²) in [7, 11) is 5.69. The first-order chi connectivity index (χ1) is 14.3. The monoisotopic (exact) mass is 448 g/mol. The van der Waals surface area contributed by atoms with E-state index in [0.29, 0.717) is 34.7 Å². The summed E-state index contributed by atoms with van der Waals surface area (Å²) >= 11 is 6.13. The largest absolute Gasteiger partial charge is 0.331 e. The summed E-state index contributed by atoms with van der Waals surface area (Å²) in [5, 5.41) is 1.05. The number of nitrogens with zero attached hydrogens (tertiary/aromatic N) is 4. The van der Waals surface area contributed by atoms with Crippen LogP contribution in [-0.4, -0.2) is 52.4 Å². The zero-order valence-electron chi connectivity index (χ0n) is 20.2. The zero-order valence-corrected chi connectivity index (χ0v) is 21.0. The Kier molecular flexibility index (Phi) is 8.28. The molecular weight excluding hydrogens is 412 g/mol. The number of likely N-dealkylation sites (N-methyl/N-ethyl adjacent to an activating group) is 1. The van der Waals surface area contributed by atoms with Crippen molar-refractivity contribution < 1.29 is 4.79 Å². The molecular formula is C24H37ClN4O2. The lowest BCUT2D eigenvalue weighted by atomic mass is 9.84. The molecule has 2 atom stereocenters. The van der Waals surface area contributed by atoms with Gasteiger partial charge in [-0.3, -0.25) is 14.2 Å². The second kappa shape index (κ2) is 10.1. The molecule has 0 saturated carbocycles. The minimum absolute atomic E-state index is 0.0894. The van der Waals surface area contributed by atoms with Crippen LogP contribution in [0.3, 0.4) is 0 Å². The fourth-order valence-corrected chi connectivity index (χ4v) is 4.32. The predicted octanol–water partition coefficient (Wildman–Crippen LogP) is 4.50. The highest BCUT2D eigenvalue weighted by molar-refractivity contribution is 6.31. The van der Waals surface area contributed by atoms with E-state index in [2.05, 4.69) is 32.6 Å². The Balaban J connectivity index is 2.40. The summed E-state index contributed by atoms with van der Waals surface area (Å²) in [6.07, 6.45) is 1.45. The number of hydrogen-bond acceptors (Lipinski definition) is 4. The summed E-state index contributed by atoms with van der Waals surface area (Å²) < 4.78 is 1.55. The van der Waals surface area contributed by atoms with Gasteiger partial charge < -0.3 is 9.80 Å². The van der Waals surface area contributed by atoms with E-state index >= 15 is 0 Å². The van der Waals surface area contributed by atoms with Gasteiger partial charge in [0.25, 0.3) is 5.56 Å². The number of amides is 1. The van der Waals surface area contributed by atoms with Crippen LogP contribution in [0.1, 0.15) is 59.3 Å². The van der Waals surface area contributed by atoms with Gasteiger partial charge in [-0.05, 0) is 57.0 Å². The van der Waals surface area contributed by atoms with Crippen LogP contribution in [0.4, 0.5) is 0 Å². The second-order valence-corrected chi connectivity index (χ2v) is 10.6. The molecule has 2 unspecified atom stereocenters. The van der Waals surface area contributed by atoms with E-state index < -0.39 is 0 Å². The highest BCUT2D eigenvalue weighted by atomic mass is 35.5. The first-order valence-electron chi connectivity index (χ1n) is 10.9. The molecule has 172 valence electrons. The highest BCUT2D eigenvalue weighted by Crippen LogP contribution is 2.28. The van der Waals surface area contributed by atoms with Crippen LogP contribution in [0.25, 0.3) is 10.9 Å². The van der Waals surface area contributed by atoms with Gasteiger partial charge in [0.1, 0.15) is 5.82 Å². The maximum atomic E-state index is 13.4. The van der Waals surface area contributed by atoms with Gasteiger partial charge in [-0.15, -0.1) is 0 Å². The number of rotatable bonds is 8. The standard InChI is InChI=1S/C24H37ClN4O2/c1-16(15-24(3,4)5)13-21(30)29(12-11-27(6)7)17(2)22-26-20-14-18(25)9-10-19(20)23(31)28(22)8/h9-10,14,16-17H,11-13,15H2,1-8H3. The van der Waals surface area contributed by atoms with Crippen molar-refractivity contribution in [3.63, 3.8) is 0 Å². The average molecular weight is 449 g/mol. The summed E-state index contributed by atoms with van der Waals surface area (Å²) in [5.74, 6) is 0.927. The van der Waals surface area contributed by atoms with Crippen LogP contribution < -0.4 is 5.56 Å². The van der Waals surface area contributed by atoms with Crippen molar-refractivity contribution in [1.29, 1.82) is 0 Å². The molecule has 0 saturated heterocycles. The lowest BCUT2D eigenvalue weighted by Gasteiger charge is -2.32. The molecule has 7 heteroatoms. The molecule has 2 aromatic rings. The van der Waals surface area contributed by atoms with E-state index in [0.717, 1.165) is 13.0 Å². The minimum atomic E-state index is -0.338. The molecule has 0 aliphatic carbocycles. The third kappa shape index (κ3) is 6.78. The van der Waals surface area contributed by atoms with Crippen LogP contribution in [0.5, 0.6) is 0 Å². The number of carbonyl (C=O) groups is 1. The van der Waals surface area contributed by atoms with E-state index in [1.807, 2.05) is 25.9 Å². The third-order valence-corrected chi connectivity index (χ3v) is 5.74. The number of hydrogen-bond donors (Lipinski definition) is 0. The molecule has 0 aliphatic rings. The molecule has 1 heterocycles. The number of benzene rings is 1. The van der Waals surface area contributed by atoms with E-state index in [9.17, 15) is 9.59 Å². The van der Waals surface area contributed by atoms with Gasteiger partial charge in [-0.1, -0.05) is 39.3 Å². The minimum Gasteiger partial charge on any atom is -0.331 e. The molecule has 1 aromatic heterocycles. The molecule has 0 fully saturated rings. The molecule has 0 aliphatic heterocycles. The summed E-state index contributed by atoms with van der Waals surface area (Å²) in [5.41, 5.74) is 0.589. The molecule has 1 aromatic carbocycles. The quantitative estimate of drug-likeness (QED) is 0.596. The predicted molar refractivity (Wildman–Crippen MR) is 129 cm³/mol. The topological polar surface area (TPSA) is 58.4 Å². The van der Waals surface area contributed by atoms with Gasteiger partial charge in [-0.25, -0.2) is 4.98 Å². The molecule has 31 heavy (non-hydrogen) atoms. The Morgan fingerprint density at radius 2 is 1.84 bits per heavy atom. The summed E-state index contributed by atoms with van der Waals surface area (Å²) in [6.45, 7) is 12.0. The second-order valence-electron chi connectivity index (χ2n) is 10.1. The highest BCUT2D eigenvalue weighted by Gasteiger charge is 2.27. The fraction of sp³-hybridized carbons (Fsp3) is 0.625. The SMILES string of the molecule is CC(CC(=O)N(CCN(C)C)C(C)c1nc2cc(Cl)ccc2c(=O)n1C)CC(C)(C)C. The first kappa shape index (κ1) is 25.3. The number of carbonyl (C=O) groups excluding carboxylic acids is 1. The third-order valence-electron chi connectivity index (χ3n) is 5.51. The smallest absolute Gasteiger partial charge is 0.261 e. The molecule has 0 N–H and O–H groups in total. The Morgan fingerprint density at radius 3 is 2.42 bits per heavy atom. The van der Waals surface area contributed by atoms with Crippen molar-refractivity contribution in [2.75, 3.05) is 27.2 Å². The molecule has 0 radical (unpaired) electrons. The Labute approximate surface area is 191 Å². The van der Waals surface area contributed by atoms with Crippen LogP contribution >= 0.6 is 11.6 Å². The van der Waals surface area contributed by atoms with Crippen molar-refractivity contribution in [2.24, 2.45) is 18.4 Å². The Bertz CT molecular complexity index is 978. The van der Waals surface area contributed by atoms with Gasteiger partial charge in [0.2, 0.25) is 5.91 Å². The number of aromatic nitrogens is 2. The average Bonchev–Trinajstić information content (AvgIpc) is 2.62. The van der Waals surface area contributed by atoms with Crippen molar-refractivity contribution in [2.45, 2.75) is 53.5 Å². The molecule has 0 bridgehead atoms. The fourth-order valence-electron chi connectivity index (χ4n) is 4.15. The van der Waals surface area contributed by atoms with Crippen molar-refractivity contribution in [1.82, 2.24) is 19.4 Å². The molecule has 1 amide bonds.